The lowest BCUT2D eigenvalue weighted by atomic mass is 10.3. The Morgan fingerprint density at radius 3 is 2.71 bits per heavy atom. The van der Waals surface area contributed by atoms with Crippen LogP contribution >= 0.6 is 0 Å². The molecule has 1 aliphatic heterocycles. The van der Waals surface area contributed by atoms with E-state index in [2.05, 4.69) is 4.99 Å². The molecule has 2 nitrogen and oxygen atoms in total. The van der Waals surface area contributed by atoms with Crippen LogP contribution in [0.1, 0.15) is 27.2 Å². The highest BCUT2D eigenvalue weighted by atomic mass is 16.5. The van der Waals surface area contributed by atoms with Crippen molar-refractivity contribution < 1.29 is 4.74 Å². The van der Waals surface area contributed by atoms with Gasteiger partial charge in [-0.2, -0.15) is 0 Å². The van der Waals surface area contributed by atoms with Gasteiger partial charge in [0.15, 0.2) is 0 Å². The van der Waals surface area contributed by atoms with E-state index in [4.69, 9.17) is 4.74 Å². The molecule has 1 heterocycles. The molecule has 0 spiro atoms. The van der Waals surface area contributed by atoms with Crippen LogP contribution in [0.3, 0.4) is 0 Å². The zero-order valence-corrected chi connectivity index (χ0v) is 9.08. The maximum absolute atomic E-state index is 5.50. The summed E-state index contributed by atoms with van der Waals surface area (Å²) in [5.74, 6) is 0.898. The molecule has 0 N–H and O–H groups in total. The van der Waals surface area contributed by atoms with E-state index in [9.17, 15) is 0 Å². The smallest absolute Gasteiger partial charge is 0.144 e. The molecule has 1 aliphatic rings. The second kappa shape index (κ2) is 5.43. The Bertz CT molecular complexity index is 318. The fourth-order valence-electron chi connectivity index (χ4n) is 1.24. The fourth-order valence-corrected chi connectivity index (χ4v) is 1.24. The first-order valence-corrected chi connectivity index (χ1v) is 5.12. The van der Waals surface area contributed by atoms with Gasteiger partial charge in [0.25, 0.3) is 0 Å². The van der Waals surface area contributed by atoms with Crippen LogP contribution in [0.25, 0.3) is 0 Å². The van der Waals surface area contributed by atoms with E-state index in [-0.39, 0.29) is 0 Å². The van der Waals surface area contributed by atoms with Crippen LogP contribution in [0.5, 0.6) is 5.75 Å². The zero-order valence-electron chi connectivity index (χ0n) is 9.08. The minimum absolute atomic E-state index is 0.742. The minimum atomic E-state index is 0.742. The second-order valence-corrected chi connectivity index (χ2v) is 2.91. The van der Waals surface area contributed by atoms with Crippen LogP contribution in [0, 0.1) is 0 Å². The Morgan fingerprint density at radius 2 is 1.93 bits per heavy atom. The summed E-state index contributed by atoms with van der Waals surface area (Å²) >= 11 is 0. The number of nitrogens with zero attached hydrogens (tertiary/aromatic N) is 1. The van der Waals surface area contributed by atoms with E-state index in [1.54, 1.807) is 0 Å². The number of aliphatic imine (C=N–C) groups is 1. The fraction of sp³-hybridized carbons (Fsp3) is 0.417. The molecule has 14 heavy (non-hydrogen) atoms. The number of ether oxygens (including phenoxy) is 1. The Hall–Kier alpha value is -1.31. The Morgan fingerprint density at radius 1 is 1.21 bits per heavy atom. The van der Waals surface area contributed by atoms with Gasteiger partial charge in [0.2, 0.25) is 0 Å². The molecule has 2 heteroatoms. The van der Waals surface area contributed by atoms with Crippen molar-refractivity contribution in [3.05, 3.63) is 24.3 Å². The minimum Gasteiger partial charge on any atom is -0.491 e. The SMILES string of the molecule is CC.CC1=Nc2ccccc2OCC1. The summed E-state index contributed by atoms with van der Waals surface area (Å²) in [7, 11) is 0. The second-order valence-electron chi connectivity index (χ2n) is 2.91. The quantitative estimate of drug-likeness (QED) is 0.614. The van der Waals surface area contributed by atoms with Gasteiger partial charge in [0.1, 0.15) is 11.4 Å². The third-order valence-electron chi connectivity index (χ3n) is 1.90. The van der Waals surface area contributed by atoms with Crippen molar-refractivity contribution in [1.29, 1.82) is 0 Å². The first-order chi connectivity index (χ1) is 6.86. The largest absolute Gasteiger partial charge is 0.491 e. The molecule has 0 aromatic heterocycles. The molecule has 0 atom stereocenters. The van der Waals surface area contributed by atoms with E-state index in [1.165, 1.54) is 0 Å². The molecule has 1 aromatic rings. The molecule has 0 saturated carbocycles. The Labute approximate surface area is 85.6 Å². The maximum Gasteiger partial charge on any atom is 0.144 e. The number of para-hydroxylation sites is 2. The van der Waals surface area contributed by atoms with Crippen LogP contribution in [-0.2, 0) is 0 Å². The van der Waals surface area contributed by atoms with Gasteiger partial charge < -0.3 is 4.74 Å². The van der Waals surface area contributed by atoms with Crippen LogP contribution in [0.4, 0.5) is 5.69 Å². The van der Waals surface area contributed by atoms with Crippen LogP contribution in [0.2, 0.25) is 0 Å². The molecule has 1 aromatic carbocycles. The molecule has 0 fully saturated rings. The van der Waals surface area contributed by atoms with Crippen molar-refractivity contribution in [2.75, 3.05) is 6.61 Å². The van der Waals surface area contributed by atoms with Crippen molar-refractivity contribution in [3.8, 4) is 5.75 Å². The highest BCUT2D eigenvalue weighted by Gasteiger charge is 2.06. The number of hydrogen-bond donors (Lipinski definition) is 0. The average molecular weight is 191 g/mol. The highest BCUT2D eigenvalue weighted by Crippen LogP contribution is 2.28. The summed E-state index contributed by atoms with van der Waals surface area (Å²) in [4.78, 5) is 4.43. The van der Waals surface area contributed by atoms with E-state index < -0.39 is 0 Å². The predicted octanol–water partition coefficient (Wildman–Crippen LogP) is 3.59. The normalized spacial score (nSPS) is 13.8. The third-order valence-corrected chi connectivity index (χ3v) is 1.90. The van der Waals surface area contributed by atoms with E-state index in [1.807, 2.05) is 45.0 Å². The van der Waals surface area contributed by atoms with Gasteiger partial charge in [-0.1, -0.05) is 26.0 Å². The topological polar surface area (TPSA) is 21.6 Å². The standard InChI is InChI=1S/C10H11NO.C2H6/c1-8-6-7-12-10-5-3-2-4-9(10)11-8;1-2/h2-5H,6-7H2,1H3;1-2H3. The number of benzene rings is 1. The van der Waals surface area contributed by atoms with Gasteiger partial charge in [0.05, 0.1) is 6.61 Å². The molecule has 0 unspecified atom stereocenters. The molecule has 0 saturated heterocycles. The predicted molar refractivity (Wildman–Crippen MR) is 60.7 cm³/mol. The molecule has 2 rings (SSSR count). The monoisotopic (exact) mass is 191 g/mol. The molecule has 0 bridgehead atoms. The van der Waals surface area contributed by atoms with E-state index in [0.29, 0.717) is 0 Å². The Kier molecular flexibility index (Phi) is 4.17. The van der Waals surface area contributed by atoms with Crippen molar-refractivity contribution in [3.63, 3.8) is 0 Å². The summed E-state index contributed by atoms with van der Waals surface area (Å²) in [6.07, 6.45) is 0.925. The van der Waals surface area contributed by atoms with Gasteiger partial charge >= 0.3 is 0 Å². The molecule has 76 valence electrons. The van der Waals surface area contributed by atoms with Gasteiger partial charge in [-0.3, -0.25) is 4.99 Å². The van der Waals surface area contributed by atoms with Crippen molar-refractivity contribution in [2.24, 2.45) is 4.99 Å². The first kappa shape index (κ1) is 10.8. The van der Waals surface area contributed by atoms with Crippen LogP contribution < -0.4 is 4.74 Å². The summed E-state index contributed by atoms with van der Waals surface area (Å²) < 4.78 is 5.50. The number of fused-ring (bicyclic) bond motifs is 1. The summed E-state index contributed by atoms with van der Waals surface area (Å²) in [6.45, 7) is 6.78. The lowest BCUT2D eigenvalue weighted by molar-refractivity contribution is 0.333. The number of rotatable bonds is 0. The summed E-state index contributed by atoms with van der Waals surface area (Å²) in [6, 6.07) is 7.88. The van der Waals surface area contributed by atoms with E-state index in [0.717, 1.165) is 30.2 Å². The van der Waals surface area contributed by atoms with Gasteiger partial charge in [-0.15, -0.1) is 0 Å². The van der Waals surface area contributed by atoms with Gasteiger partial charge in [-0.05, 0) is 19.1 Å². The average Bonchev–Trinajstić information content (AvgIpc) is 2.41. The molecular weight excluding hydrogens is 174 g/mol. The maximum atomic E-state index is 5.50. The third kappa shape index (κ3) is 2.59. The van der Waals surface area contributed by atoms with Gasteiger partial charge in [0, 0.05) is 12.1 Å². The van der Waals surface area contributed by atoms with Gasteiger partial charge in [-0.25, -0.2) is 0 Å². The lowest BCUT2D eigenvalue weighted by Crippen LogP contribution is -1.99. The van der Waals surface area contributed by atoms with Crippen molar-refractivity contribution in [2.45, 2.75) is 27.2 Å². The van der Waals surface area contributed by atoms with E-state index >= 15 is 0 Å². The van der Waals surface area contributed by atoms with Crippen LogP contribution in [0.15, 0.2) is 29.3 Å². The molecule has 0 radical (unpaired) electrons. The van der Waals surface area contributed by atoms with Crippen molar-refractivity contribution >= 4 is 11.4 Å². The molecule has 0 amide bonds. The molecule has 0 aliphatic carbocycles. The van der Waals surface area contributed by atoms with Crippen LogP contribution in [-0.4, -0.2) is 12.3 Å². The Balaban J connectivity index is 0.000000461. The zero-order chi connectivity index (χ0) is 10.4. The first-order valence-electron chi connectivity index (χ1n) is 5.12. The molecular formula is C12H17NO. The van der Waals surface area contributed by atoms with Crippen molar-refractivity contribution in [1.82, 2.24) is 0 Å². The summed E-state index contributed by atoms with van der Waals surface area (Å²) in [5, 5.41) is 0. The summed E-state index contributed by atoms with van der Waals surface area (Å²) in [5.41, 5.74) is 2.09. The highest BCUT2D eigenvalue weighted by molar-refractivity contribution is 5.86. The number of hydrogen-bond acceptors (Lipinski definition) is 2. The lowest BCUT2D eigenvalue weighted by Gasteiger charge is -2.02.